The molecule has 2 aromatic rings. The summed E-state index contributed by atoms with van der Waals surface area (Å²) in [5.41, 5.74) is 1.66. The lowest BCUT2D eigenvalue weighted by molar-refractivity contribution is -0.274. The van der Waals surface area contributed by atoms with Crippen LogP contribution in [0.2, 0.25) is 0 Å². The third kappa shape index (κ3) is 5.39. The molecule has 0 aliphatic heterocycles. The summed E-state index contributed by atoms with van der Waals surface area (Å²) >= 11 is 0. The first-order valence-corrected chi connectivity index (χ1v) is 7.12. The molecule has 0 saturated heterocycles. The number of allylic oxidation sites excluding steroid dienone is 1. The van der Waals surface area contributed by atoms with E-state index in [0.29, 0.717) is 5.69 Å². The number of Topliss-reactive ketones (excluding diaryl/α,β-unsaturated/α-hetero) is 1. The Morgan fingerprint density at radius 3 is 2.24 bits per heavy atom. The van der Waals surface area contributed by atoms with Crippen LogP contribution >= 0.6 is 0 Å². The Bertz CT molecular complexity index is 817. The van der Waals surface area contributed by atoms with Gasteiger partial charge in [-0.1, -0.05) is 17.7 Å². The van der Waals surface area contributed by atoms with Gasteiger partial charge in [0, 0.05) is 17.5 Å². The zero-order valence-electron chi connectivity index (χ0n) is 13.1. The number of carbonyl (C=O) groups excluding carboxylic acids is 1. The predicted molar refractivity (Wildman–Crippen MR) is 86.0 cm³/mol. The number of nitrogens with one attached hydrogen (secondary N) is 1. The molecule has 0 fully saturated rings. The zero-order valence-corrected chi connectivity index (χ0v) is 13.1. The second-order valence-electron chi connectivity index (χ2n) is 5.08. The lowest BCUT2D eigenvalue weighted by atomic mass is 10.1. The topological polar surface area (TPSA) is 62.1 Å². The summed E-state index contributed by atoms with van der Waals surface area (Å²) < 4.78 is 40.1. The molecular formula is C18H13F3N2O2. The third-order valence-corrected chi connectivity index (χ3v) is 3.15. The number of nitrogens with zero attached hydrogens (tertiary/aromatic N) is 1. The van der Waals surface area contributed by atoms with Gasteiger partial charge < -0.3 is 10.1 Å². The molecule has 0 radical (unpaired) electrons. The number of benzene rings is 2. The molecule has 0 heterocycles. The Morgan fingerprint density at radius 2 is 1.72 bits per heavy atom. The van der Waals surface area contributed by atoms with Crippen molar-refractivity contribution in [1.29, 1.82) is 5.26 Å². The van der Waals surface area contributed by atoms with E-state index in [4.69, 9.17) is 5.26 Å². The fraction of sp³-hybridized carbons (Fsp3) is 0.111. The third-order valence-electron chi connectivity index (χ3n) is 3.15. The number of hydrogen-bond acceptors (Lipinski definition) is 4. The molecule has 7 heteroatoms. The van der Waals surface area contributed by atoms with Crippen molar-refractivity contribution in [2.75, 3.05) is 5.32 Å². The van der Waals surface area contributed by atoms with E-state index >= 15 is 0 Å². The maximum absolute atomic E-state index is 12.3. The Labute approximate surface area is 142 Å². The van der Waals surface area contributed by atoms with Crippen LogP contribution < -0.4 is 10.1 Å². The van der Waals surface area contributed by atoms with Crippen LogP contribution in [0.4, 0.5) is 18.9 Å². The normalized spacial score (nSPS) is 11.6. The maximum Gasteiger partial charge on any atom is 0.573 e. The molecule has 128 valence electrons. The summed E-state index contributed by atoms with van der Waals surface area (Å²) in [4.78, 5) is 12.3. The minimum atomic E-state index is -4.80. The van der Waals surface area contributed by atoms with E-state index in [9.17, 15) is 18.0 Å². The Morgan fingerprint density at radius 1 is 1.12 bits per heavy atom. The first kappa shape index (κ1) is 18.1. The maximum atomic E-state index is 12.3. The molecule has 0 aromatic heterocycles. The molecule has 0 bridgehead atoms. The molecule has 4 nitrogen and oxygen atoms in total. The summed E-state index contributed by atoms with van der Waals surface area (Å²) in [6.45, 7) is 1.93. The summed E-state index contributed by atoms with van der Waals surface area (Å²) in [5, 5.41) is 12.0. The van der Waals surface area contributed by atoms with Gasteiger partial charge in [-0.3, -0.25) is 4.79 Å². The van der Waals surface area contributed by atoms with Crippen molar-refractivity contribution in [2.45, 2.75) is 13.3 Å². The monoisotopic (exact) mass is 346 g/mol. The molecule has 0 spiro atoms. The number of hydrogen-bond donors (Lipinski definition) is 1. The zero-order chi connectivity index (χ0) is 18.4. The second-order valence-corrected chi connectivity index (χ2v) is 5.08. The van der Waals surface area contributed by atoms with E-state index in [1.54, 1.807) is 18.2 Å². The Hall–Kier alpha value is -3.27. The van der Waals surface area contributed by atoms with Crippen LogP contribution in [0.3, 0.4) is 0 Å². The van der Waals surface area contributed by atoms with E-state index in [1.165, 1.54) is 18.3 Å². The van der Waals surface area contributed by atoms with Crippen molar-refractivity contribution in [3.8, 4) is 11.8 Å². The van der Waals surface area contributed by atoms with Crippen molar-refractivity contribution < 1.29 is 22.7 Å². The van der Waals surface area contributed by atoms with Crippen molar-refractivity contribution >= 4 is 11.5 Å². The summed E-state index contributed by atoms with van der Waals surface area (Å²) in [6, 6.07) is 13.4. The SMILES string of the molecule is Cc1ccc(NC=C(C#N)C(=O)c2ccc(OC(F)(F)F)cc2)cc1. The standard InChI is InChI=1S/C18H13F3N2O2/c1-12-2-6-15(7-3-12)23-11-14(10-22)17(24)13-4-8-16(9-5-13)25-18(19,20)21/h2-9,11,23H,1H3. The van der Waals surface area contributed by atoms with E-state index in [2.05, 4.69) is 10.1 Å². The van der Waals surface area contributed by atoms with Gasteiger partial charge in [-0.25, -0.2) is 0 Å². The lowest BCUT2D eigenvalue weighted by Crippen LogP contribution is -2.17. The van der Waals surface area contributed by atoms with Crippen molar-refractivity contribution in [2.24, 2.45) is 0 Å². The van der Waals surface area contributed by atoms with Crippen LogP contribution in [-0.4, -0.2) is 12.1 Å². The van der Waals surface area contributed by atoms with E-state index in [0.717, 1.165) is 17.7 Å². The lowest BCUT2D eigenvalue weighted by Gasteiger charge is -2.09. The molecule has 0 saturated carbocycles. The second kappa shape index (κ2) is 7.53. The molecule has 0 amide bonds. The highest BCUT2D eigenvalue weighted by molar-refractivity contribution is 6.11. The van der Waals surface area contributed by atoms with Gasteiger partial charge >= 0.3 is 6.36 Å². The van der Waals surface area contributed by atoms with E-state index < -0.39 is 17.9 Å². The van der Waals surface area contributed by atoms with Gasteiger partial charge in [0.25, 0.3) is 0 Å². The molecule has 2 rings (SSSR count). The molecule has 0 atom stereocenters. The number of carbonyl (C=O) groups is 1. The van der Waals surface area contributed by atoms with Gasteiger partial charge in [0.15, 0.2) is 0 Å². The Balaban J connectivity index is 2.12. The van der Waals surface area contributed by atoms with E-state index in [1.807, 2.05) is 19.1 Å². The molecule has 0 aliphatic rings. The number of halogens is 3. The molecule has 1 N–H and O–H groups in total. The van der Waals surface area contributed by atoms with Gasteiger partial charge in [-0.05, 0) is 43.3 Å². The van der Waals surface area contributed by atoms with Crippen molar-refractivity contribution in [3.63, 3.8) is 0 Å². The Kier molecular flexibility index (Phi) is 5.45. The van der Waals surface area contributed by atoms with Crippen molar-refractivity contribution in [3.05, 3.63) is 71.4 Å². The van der Waals surface area contributed by atoms with Crippen LogP contribution in [0.15, 0.2) is 60.3 Å². The van der Waals surface area contributed by atoms with Gasteiger partial charge in [0.05, 0.1) is 0 Å². The van der Waals surface area contributed by atoms with Gasteiger partial charge in [-0.15, -0.1) is 13.2 Å². The minimum absolute atomic E-state index is 0.0769. The number of ketones is 1. The minimum Gasteiger partial charge on any atom is -0.406 e. The summed E-state index contributed by atoms with van der Waals surface area (Å²) in [5.74, 6) is -1.05. The molecule has 0 aliphatic carbocycles. The summed E-state index contributed by atoms with van der Waals surface area (Å²) in [7, 11) is 0. The number of nitriles is 1. The van der Waals surface area contributed by atoms with Crippen LogP contribution in [0.5, 0.6) is 5.75 Å². The highest BCUT2D eigenvalue weighted by Gasteiger charge is 2.31. The number of alkyl halides is 3. The van der Waals surface area contributed by atoms with Crippen molar-refractivity contribution in [1.82, 2.24) is 0 Å². The van der Waals surface area contributed by atoms with E-state index in [-0.39, 0.29) is 11.1 Å². The first-order chi connectivity index (χ1) is 11.8. The van der Waals surface area contributed by atoms with Crippen LogP contribution in [-0.2, 0) is 0 Å². The average Bonchev–Trinajstić information content (AvgIpc) is 2.56. The smallest absolute Gasteiger partial charge is 0.406 e. The number of aryl methyl sites for hydroxylation is 1. The fourth-order valence-corrected chi connectivity index (χ4v) is 1.92. The number of ether oxygens (including phenoxy) is 1. The van der Waals surface area contributed by atoms with Crippen LogP contribution in [0, 0.1) is 18.3 Å². The van der Waals surface area contributed by atoms with Gasteiger partial charge in [0.1, 0.15) is 17.4 Å². The molecule has 0 unspecified atom stereocenters. The van der Waals surface area contributed by atoms with Gasteiger partial charge in [-0.2, -0.15) is 5.26 Å². The highest BCUT2D eigenvalue weighted by atomic mass is 19.4. The fourth-order valence-electron chi connectivity index (χ4n) is 1.92. The average molecular weight is 346 g/mol. The van der Waals surface area contributed by atoms with Crippen LogP contribution in [0.25, 0.3) is 0 Å². The highest BCUT2D eigenvalue weighted by Crippen LogP contribution is 2.23. The molecule has 2 aromatic carbocycles. The molecular weight excluding hydrogens is 333 g/mol. The summed E-state index contributed by atoms with van der Waals surface area (Å²) in [6.07, 6.45) is -3.55. The first-order valence-electron chi connectivity index (χ1n) is 7.12. The van der Waals surface area contributed by atoms with Crippen LogP contribution in [0.1, 0.15) is 15.9 Å². The number of anilines is 1. The number of rotatable bonds is 5. The largest absolute Gasteiger partial charge is 0.573 e. The molecule has 25 heavy (non-hydrogen) atoms. The van der Waals surface area contributed by atoms with Gasteiger partial charge in [0.2, 0.25) is 5.78 Å². The quantitative estimate of drug-likeness (QED) is 0.488. The predicted octanol–water partition coefficient (Wildman–Crippen LogP) is 4.60.